The van der Waals surface area contributed by atoms with Crippen LogP contribution in [0, 0.1) is 12.8 Å². The second-order valence-electron chi connectivity index (χ2n) is 9.13. The van der Waals surface area contributed by atoms with E-state index in [0.29, 0.717) is 34.6 Å². The van der Waals surface area contributed by atoms with E-state index in [4.69, 9.17) is 0 Å². The van der Waals surface area contributed by atoms with E-state index in [2.05, 4.69) is 15.3 Å². The van der Waals surface area contributed by atoms with Gasteiger partial charge >= 0.3 is 0 Å². The van der Waals surface area contributed by atoms with Gasteiger partial charge in [0.2, 0.25) is 0 Å². The first kappa shape index (κ1) is 22.1. The third-order valence-electron chi connectivity index (χ3n) is 7.01. The maximum Gasteiger partial charge on any atom is 0.261 e. The van der Waals surface area contributed by atoms with Gasteiger partial charge in [-0.1, -0.05) is 36.8 Å². The highest BCUT2D eigenvalue weighted by molar-refractivity contribution is 6.22. The van der Waals surface area contributed by atoms with Crippen molar-refractivity contribution in [3.05, 3.63) is 83.2 Å². The van der Waals surface area contributed by atoms with Gasteiger partial charge in [-0.05, 0) is 56.5 Å². The molecular formula is C27H26N4O3. The Morgan fingerprint density at radius 1 is 1.03 bits per heavy atom. The summed E-state index contributed by atoms with van der Waals surface area (Å²) in [5, 5.41) is 3.44. The number of carbonyl (C=O) groups excluding carboxylic acids is 3. The molecule has 3 heterocycles. The summed E-state index contributed by atoms with van der Waals surface area (Å²) < 4.78 is 0. The average molecular weight is 455 g/mol. The van der Waals surface area contributed by atoms with Gasteiger partial charge in [-0.3, -0.25) is 19.3 Å². The van der Waals surface area contributed by atoms with Crippen LogP contribution in [0.4, 0.5) is 0 Å². The number of aromatic nitrogens is 2. The van der Waals surface area contributed by atoms with Crippen molar-refractivity contribution >= 4 is 17.6 Å². The zero-order valence-electron chi connectivity index (χ0n) is 19.2. The standard InChI is InChI=1S/C27H26N4O3/c1-17-10-11-19(24-28-12-6-13-29-24)22(15-17)23(32)27(18(2)7-5-14-30-27)16-31-25(33)20-8-3-4-9-21(20)26(31)34/h3-4,6,8-13,15,18,30H,5,7,14,16H2,1-2H3/t18-,27-/m1/s1. The monoisotopic (exact) mass is 454 g/mol. The average Bonchev–Trinajstić information content (AvgIpc) is 3.10. The zero-order valence-corrected chi connectivity index (χ0v) is 19.2. The van der Waals surface area contributed by atoms with Gasteiger partial charge in [-0.25, -0.2) is 9.97 Å². The number of hydrogen-bond donors (Lipinski definition) is 1. The first-order valence-electron chi connectivity index (χ1n) is 11.6. The number of nitrogens with zero attached hydrogens (tertiary/aromatic N) is 3. The van der Waals surface area contributed by atoms with E-state index in [9.17, 15) is 14.4 Å². The fraction of sp³-hybridized carbons (Fsp3) is 0.296. The first-order chi connectivity index (χ1) is 16.4. The van der Waals surface area contributed by atoms with E-state index in [1.54, 1.807) is 42.7 Å². The molecule has 0 spiro atoms. The largest absolute Gasteiger partial charge is 0.303 e. The number of nitrogens with one attached hydrogen (secondary N) is 1. The molecule has 7 heteroatoms. The van der Waals surface area contributed by atoms with Crippen LogP contribution in [0.5, 0.6) is 0 Å². The minimum absolute atomic E-state index is 0.0254. The number of fused-ring (bicyclic) bond motifs is 1. The maximum atomic E-state index is 14.4. The van der Waals surface area contributed by atoms with Crippen molar-refractivity contribution in [2.75, 3.05) is 13.1 Å². The van der Waals surface area contributed by atoms with E-state index >= 15 is 0 Å². The lowest BCUT2D eigenvalue weighted by molar-refractivity contribution is 0.0485. The lowest BCUT2D eigenvalue weighted by atomic mass is 9.73. The van der Waals surface area contributed by atoms with Crippen LogP contribution in [0.15, 0.2) is 60.9 Å². The number of Topliss-reactive ketones (excluding diaryl/α,β-unsaturated/α-hetero) is 1. The Kier molecular flexibility index (Phi) is 5.57. The molecule has 0 aliphatic carbocycles. The van der Waals surface area contributed by atoms with Crippen LogP contribution in [0.2, 0.25) is 0 Å². The molecule has 0 bridgehead atoms. The van der Waals surface area contributed by atoms with Crippen LogP contribution >= 0.6 is 0 Å². The summed E-state index contributed by atoms with van der Waals surface area (Å²) in [6, 6.07) is 14.2. The van der Waals surface area contributed by atoms with Crippen molar-refractivity contribution in [1.82, 2.24) is 20.2 Å². The third-order valence-corrected chi connectivity index (χ3v) is 7.01. The van der Waals surface area contributed by atoms with E-state index in [-0.39, 0.29) is 30.1 Å². The van der Waals surface area contributed by atoms with Crippen molar-refractivity contribution in [3.63, 3.8) is 0 Å². The Morgan fingerprint density at radius 2 is 1.71 bits per heavy atom. The smallest absolute Gasteiger partial charge is 0.261 e. The Hall–Kier alpha value is -3.71. The molecule has 172 valence electrons. The van der Waals surface area contributed by atoms with Crippen LogP contribution in [-0.2, 0) is 0 Å². The van der Waals surface area contributed by atoms with Crippen LogP contribution in [-0.4, -0.2) is 51.1 Å². The molecule has 1 N–H and O–H groups in total. The van der Waals surface area contributed by atoms with Crippen molar-refractivity contribution in [2.24, 2.45) is 5.92 Å². The molecule has 1 saturated heterocycles. The second-order valence-corrected chi connectivity index (χ2v) is 9.13. The highest BCUT2D eigenvalue weighted by Gasteiger charge is 2.50. The summed E-state index contributed by atoms with van der Waals surface area (Å²) in [6.07, 6.45) is 5.02. The Balaban J connectivity index is 1.60. The number of ketones is 1. The molecule has 0 saturated carbocycles. The number of hydrogen-bond acceptors (Lipinski definition) is 6. The predicted molar refractivity (Wildman–Crippen MR) is 127 cm³/mol. The van der Waals surface area contributed by atoms with Crippen molar-refractivity contribution in [3.8, 4) is 11.4 Å². The summed E-state index contributed by atoms with van der Waals surface area (Å²) in [4.78, 5) is 50.7. The maximum absolute atomic E-state index is 14.4. The van der Waals surface area contributed by atoms with Crippen LogP contribution < -0.4 is 5.32 Å². The summed E-state index contributed by atoms with van der Waals surface area (Å²) in [7, 11) is 0. The number of rotatable bonds is 5. The number of carbonyl (C=O) groups is 3. The van der Waals surface area contributed by atoms with Crippen molar-refractivity contribution in [2.45, 2.75) is 32.2 Å². The minimum atomic E-state index is -1.11. The third kappa shape index (κ3) is 3.53. The molecule has 2 aliphatic heterocycles. The van der Waals surface area contributed by atoms with Crippen LogP contribution in [0.3, 0.4) is 0 Å². The van der Waals surface area contributed by atoms with E-state index in [1.165, 1.54) is 4.90 Å². The number of piperidine rings is 1. The molecule has 0 radical (unpaired) electrons. The van der Waals surface area contributed by atoms with Crippen LogP contribution in [0.25, 0.3) is 11.4 Å². The highest BCUT2D eigenvalue weighted by atomic mass is 16.2. The predicted octanol–water partition coefficient (Wildman–Crippen LogP) is 3.69. The molecule has 0 unspecified atom stereocenters. The normalized spacial score (nSPS) is 22.1. The fourth-order valence-corrected chi connectivity index (χ4v) is 5.08. The number of benzene rings is 2. The summed E-state index contributed by atoms with van der Waals surface area (Å²) >= 11 is 0. The molecule has 7 nitrogen and oxygen atoms in total. The number of amides is 2. The topological polar surface area (TPSA) is 92.3 Å². The molecule has 2 aromatic carbocycles. The lowest BCUT2D eigenvalue weighted by Gasteiger charge is -2.44. The van der Waals surface area contributed by atoms with Gasteiger partial charge in [0.25, 0.3) is 11.8 Å². The van der Waals surface area contributed by atoms with Gasteiger partial charge in [-0.15, -0.1) is 0 Å². The van der Waals surface area contributed by atoms with E-state index < -0.39 is 5.54 Å². The first-order valence-corrected chi connectivity index (χ1v) is 11.6. The summed E-state index contributed by atoms with van der Waals surface area (Å²) in [5.74, 6) is -0.498. The van der Waals surface area contributed by atoms with Gasteiger partial charge < -0.3 is 5.32 Å². The minimum Gasteiger partial charge on any atom is -0.303 e. The van der Waals surface area contributed by atoms with E-state index in [1.807, 2.05) is 32.0 Å². The molecule has 5 rings (SSSR count). The zero-order chi connectivity index (χ0) is 23.9. The van der Waals surface area contributed by atoms with Gasteiger partial charge in [0.15, 0.2) is 11.6 Å². The Labute approximate surface area is 198 Å². The summed E-state index contributed by atoms with van der Waals surface area (Å²) in [6.45, 7) is 4.54. The SMILES string of the molecule is Cc1ccc(-c2ncccn2)c(C(=O)[C@]2(CN3C(=O)c4ccccc4C3=O)NCCC[C@H]2C)c1. The van der Waals surface area contributed by atoms with Gasteiger partial charge in [0.05, 0.1) is 17.7 Å². The van der Waals surface area contributed by atoms with Gasteiger partial charge in [0.1, 0.15) is 5.54 Å². The van der Waals surface area contributed by atoms with Gasteiger partial charge in [0, 0.05) is 23.5 Å². The highest BCUT2D eigenvalue weighted by Crippen LogP contribution is 2.36. The number of imide groups is 1. The van der Waals surface area contributed by atoms with Crippen molar-refractivity contribution < 1.29 is 14.4 Å². The molecule has 34 heavy (non-hydrogen) atoms. The molecular weight excluding hydrogens is 428 g/mol. The van der Waals surface area contributed by atoms with Crippen molar-refractivity contribution in [1.29, 1.82) is 0 Å². The second kappa shape index (κ2) is 8.57. The molecule has 2 atom stereocenters. The Morgan fingerprint density at radius 3 is 2.35 bits per heavy atom. The quantitative estimate of drug-likeness (QED) is 0.467. The van der Waals surface area contributed by atoms with Gasteiger partial charge in [-0.2, -0.15) is 0 Å². The van der Waals surface area contributed by atoms with E-state index in [0.717, 1.165) is 18.4 Å². The Bertz CT molecular complexity index is 1260. The molecule has 3 aromatic rings. The lowest BCUT2D eigenvalue weighted by Crippen LogP contribution is -2.65. The van der Waals surface area contributed by atoms with Crippen LogP contribution in [0.1, 0.15) is 56.4 Å². The fourth-order valence-electron chi connectivity index (χ4n) is 5.08. The molecule has 1 fully saturated rings. The summed E-state index contributed by atoms with van der Waals surface area (Å²) in [5.41, 5.74) is 1.71. The molecule has 2 aliphatic rings. The number of aryl methyl sites for hydroxylation is 1. The molecule has 2 amide bonds. The molecule has 1 aromatic heterocycles.